The summed E-state index contributed by atoms with van der Waals surface area (Å²) in [6.07, 6.45) is 6.03. The van der Waals surface area contributed by atoms with E-state index in [1.165, 1.54) is 25.7 Å². The summed E-state index contributed by atoms with van der Waals surface area (Å²) in [6, 6.07) is 5.27. The normalized spacial score (nSPS) is 17.4. The first-order chi connectivity index (χ1) is 10.0. The highest BCUT2D eigenvalue weighted by molar-refractivity contribution is 5.92. The van der Waals surface area contributed by atoms with Crippen LogP contribution in [0.15, 0.2) is 18.2 Å². The third-order valence-electron chi connectivity index (χ3n) is 4.74. The van der Waals surface area contributed by atoms with Crippen LogP contribution in [0.5, 0.6) is 0 Å². The maximum absolute atomic E-state index is 11.1. The maximum atomic E-state index is 11.1. The molecule has 1 N–H and O–H groups in total. The van der Waals surface area contributed by atoms with Crippen LogP contribution in [-0.4, -0.2) is 20.6 Å². The number of carbonyl (C=O) groups is 1. The Bertz CT molecular complexity index is 681. The minimum atomic E-state index is -0.896. The van der Waals surface area contributed by atoms with Gasteiger partial charge in [0.05, 0.1) is 16.6 Å². The van der Waals surface area contributed by atoms with Crippen molar-refractivity contribution in [2.75, 3.05) is 0 Å². The Morgan fingerprint density at radius 3 is 2.71 bits per heavy atom. The molecule has 2 aromatic rings. The summed E-state index contributed by atoms with van der Waals surface area (Å²) < 4.78 is 2.30. The van der Waals surface area contributed by atoms with Gasteiger partial charge < -0.3 is 9.67 Å². The van der Waals surface area contributed by atoms with E-state index in [2.05, 4.69) is 23.4 Å². The van der Waals surface area contributed by atoms with Crippen molar-refractivity contribution in [3.8, 4) is 0 Å². The number of aromatic carboxylic acids is 1. The molecule has 21 heavy (non-hydrogen) atoms. The number of rotatable bonds is 4. The lowest BCUT2D eigenvalue weighted by Crippen LogP contribution is -2.21. The third-order valence-corrected chi connectivity index (χ3v) is 4.74. The molecular weight excluding hydrogens is 264 g/mol. The van der Waals surface area contributed by atoms with Gasteiger partial charge in [-0.05, 0) is 36.5 Å². The fourth-order valence-corrected chi connectivity index (χ4v) is 3.53. The van der Waals surface area contributed by atoms with Gasteiger partial charge in [0.25, 0.3) is 0 Å². The van der Waals surface area contributed by atoms with Gasteiger partial charge in [0.15, 0.2) is 0 Å². The van der Waals surface area contributed by atoms with Crippen LogP contribution in [0.3, 0.4) is 0 Å². The Morgan fingerprint density at radius 2 is 2.10 bits per heavy atom. The number of hydrogen-bond donors (Lipinski definition) is 1. The molecule has 1 heterocycles. The molecule has 0 unspecified atom stereocenters. The van der Waals surface area contributed by atoms with Gasteiger partial charge >= 0.3 is 5.97 Å². The standard InChI is InChI=1S/C17H22N2O2/c1-3-15-18-13-10-12(16(20)21)6-7-14(13)19(15)11-17(2)8-4-5-9-17/h6-7,10H,3-5,8-9,11H2,1-2H3,(H,20,21). The number of benzene rings is 1. The van der Waals surface area contributed by atoms with Crippen LogP contribution in [-0.2, 0) is 13.0 Å². The number of fused-ring (bicyclic) bond motifs is 1. The Hall–Kier alpha value is -1.84. The molecule has 4 nitrogen and oxygen atoms in total. The van der Waals surface area contributed by atoms with Crippen LogP contribution in [0.4, 0.5) is 0 Å². The van der Waals surface area contributed by atoms with E-state index >= 15 is 0 Å². The van der Waals surface area contributed by atoms with E-state index in [9.17, 15) is 4.79 Å². The van der Waals surface area contributed by atoms with Crippen molar-refractivity contribution < 1.29 is 9.90 Å². The summed E-state index contributed by atoms with van der Waals surface area (Å²) in [7, 11) is 0. The first kappa shape index (κ1) is 14.1. The number of carboxylic acid groups (broad SMARTS) is 1. The van der Waals surface area contributed by atoms with Crippen molar-refractivity contribution in [3.63, 3.8) is 0 Å². The van der Waals surface area contributed by atoms with Gasteiger partial charge in [-0.1, -0.05) is 26.7 Å². The summed E-state index contributed by atoms with van der Waals surface area (Å²) >= 11 is 0. The molecular formula is C17H22N2O2. The number of carboxylic acids is 1. The highest BCUT2D eigenvalue weighted by Crippen LogP contribution is 2.40. The lowest BCUT2D eigenvalue weighted by molar-refractivity contribution is 0.0697. The topological polar surface area (TPSA) is 55.1 Å². The maximum Gasteiger partial charge on any atom is 0.335 e. The minimum absolute atomic E-state index is 0.307. The van der Waals surface area contributed by atoms with E-state index in [-0.39, 0.29) is 0 Å². The highest BCUT2D eigenvalue weighted by atomic mass is 16.4. The van der Waals surface area contributed by atoms with Gasteiger partial charge in [0.1, 0.15) is 5.82 Å². The van der Waals surface area contributed by atoms with E-state index in [1.807, 2.05) is 6.07 Å². The van der Waals surface area contributed by atoms with Crippen LogP contribution in [0.25, 0.3) is 11.0 Å². The zero-order valence-electron chi connectivity index (χ0n) is 12.7. The number of aryl methyl sites for hydroxylation is 1. The van der Waals surface area contributed by atoms with Gasteiger partial charge in [-0.3, -0.25) is 0 Å². The predicted octanol–water partition coefficient (Wildman–Crippen LogP) is 3.88. The van der Waals surface area contributed by atoms with Gasteiger partial charge in [-0.25, -0.2) is 9.78 Å². The second kappa shape index (κ2) is 5.17. The van der Waals surface area contributed by atoms with Gasteiger partial charge in [0.2, 0.25) is 0 Å². The van der Waals surface area contributed by atoms with E-state index in [0.29, 0.717) is 11.0 Å². The fourth-order valence-electron chi connectivity index (χ4n) is 3.53. The molecule has 1 fully saturated rings. The smallest absolute Gasteiger partial charge is 0.335 e. The second-order valence-corrected chi connectivity index (χ2v) is 6.49. The summed E-state index contributed by atoms with van der Waals surface area (Å²) in [5.74, 6) is 0.160. The first-order valence-electron chi connectivity index (χ1n) is 7.75. The Kier molecular flexibility index (Phi) is 3.47. The zero-order valence-corrected chi connectivity index (χ0v) is 12.7. The van der Waals surface area contributed by atoms with Crippen LogP contribution in [0.2, 0.25) is 0 Å². The summed E-state index contributed by atoms with van der Waals surface area (Å²) in [6.45, 7) is 5.45. The molecule has 0 aliphatic heterocycles. The molecule has 1 saturated carbocycles. The van der Waals surface area contributed by atoms with E-state index < -0.39 is 5.97 Å². The van der Waals surface area contributed by atoms with Crippen molar-refractivity contribution in [3.05, 3.63) is 29.6 Å². The van der Waals surface area contributed by atoms with Crippen molar-refractivity contribution in [2.24, 2.45) is 5.41 Å². The molecule has 0 saturated heterocycles. The average molecular weight is 286 g/mol. The fraction of sp³-hybridized carbons (Fsp3) is 0.529. The Balaban J connectivity index is 2.05. The monoisotopic (exact) mass is 286 g/mol. The van der Waals surface area contributed by atoms with Gasteiger partial charge in [0, 0.05) is 13.0 Å². The van der Waals surface area contributed by atoms with Crippen LogP contribution in [0.1, 0.15) is 55.7 Å². The number of imidazole rings is 1. The van der Waals surface area contributed by atoms with Gasteiger partial charge in [-0.15, -0.1) is 0 Å². The molecule has 0 atom stereocenters. The Morgan fingerprint density at radius 1 is 1.38 bits per heavy atom. The molecule has 4 heteroatoms. The SMILES string of the molecule is CCc1nc2cc(C(=O)O)ccc2n1CC1(C)CCCC1. The van der Waals surface area contributed by atoms with Crippen molar-refractivity contribution >= 4 is 17.0 Å². The lowest BCUT2D eigenvalue weighted by atomic mass is 9.88. The van der Waals surface area contributed by atoms with Crippen LogP contribution in [0, 0.1) is 5.41 Å². The quantitative estimate of drug-likeness (QED) is 0.928. The molecule has 1 aliphatic carbocycles. The molecule has 1 aliphatic rings. The van der Waals surface area contributed by atoms with Gasteiger partial charge in [-0.2, -0.15) is 0 Å². The van der Waals surface area contributed by atoms with Crippen LogP contribution < -0.4 is 0 Å². The zero-order chi connectivity index (χ0) is 15.0. The van der Waals surface area contributed by atoms with Crippen molar-refractivity contribution in [1.29, 1.82) is 0 Å². The third kappa shape index (κ3) is 2.55. The molecule has 0 spiro atoms. The molecule has 3 rings (SSSR count). The average Bonchev–Trinajstić information content (AvgIpc) is 3.03. The molecule has 0 radical (unpaired) electrons. The number of nitrogens with zero attached hydrogens (tertiary/aromatic N) is 2. The predicted molar refractivity (Wildman–Crippen MR) is 82.6 cm³/mol. The molecule has 0 bridgehead atoms. The Labute approximate surface area is 124 Å². The molecule has 1 aromatic carbocycles. The first-order valence-corrected chi connectivity index (χ1v) is 7.75. The van der Waals surface area contributed by atoms with E-state index in [1.54, 1.807) is 12.1 Å². The van der Waals surface area contributed by atoms with Crippen molar-refractivity contribution in [1.82, 2.24) is 9.55 Å². The molecule has 0 amide bonds. The van der Waals surface area contributed by atoms with Crippen LogP contribution >= 0.6 is 0 Å². The highest BCUT2D eigenvalue weighted by Gasteiger charge is 2.30. The lowest BCUT2D eigenvalue weighted by Gasteiger charge is -2.25. The second-order valence-electron chi connectivity index (χ2n) is 6.49. The molecule has 1 aromatic heterocycles. The summed E-state index contributed by atoms with van der Waals surface area (Å²) in [4.78, 5) is 15.7. The summed E-state index contributed by atoms with van der Waals surface area (Å²) in [5, 5.41) is 9.11. The largest absolute Gasteiger partial charge is 0.478 e. The number of aromatic nitrogens is 2. The minimum Gasteiger partial charge on any atom is -0.478 e. The summed E-state index contributed by atoms with van der Waals surface area (Å²) in [5.41, 5.74) is 2.52. The van der Waals surface area contributed by atoms with E-state index in [0.717, 1.165) is 29.8 Å². The van der Waals surface area contributed by atoms with Crippen molar-refractivity contribution in [2.45, 2.75) is 52.5 Å². The van der Waals surface area contributed by atoms with E-state index in [4.69, 9.17) is 5.11 Å². The number of hydrogen-bond acceptors (Lipinski definition) is 2. The molecule has 112 valence electrons.